The number of carbonyl (C=O) groups excluding carboxylic acids is 1. The van der Waals surface area contributed by atoms with Crippen LogP contribution in [0.2, 0.25) is 10.0 Å². The third-order valence-corrected chi connectivity index (χ3v) is 4.83. The minimum Gasteiger partial charge on any atom is -0.465 e. The van der Waals surface area contributed by atoms with Gasteiger partial charge in [0, 0.05) is 5.92 Å². The maximum absolute atomic E-state index is 12.0. The number of benzene rings is 2. The first-order valence-electron chi connectivity index (χ1n) is 7.28. The molecule has 1 saturated heterocycles. The second-order valence-electron chi connectivity index (χ2n) is 5.64. The molecule has 22 heavy (non-hydrogen) atoms. The zero-order valence-electron chi connectivity index (χ0n) is 12.0. The zero-order valence-corrected chi connectivity index (χ0v) is 13.5. The maximum atomic E-state index is 12.0. The van der Waals surface area contributed by atoms with Crippen molar-refractivity contribution in [1.82, 2.24) is 0 Å². The van der Waals surface area contributed by atoms with E-state index in [1.54, 1.807) is 6.07 Å². The summed E-state index contributed by atoms with van der Waals surface area (Å²) in [6, 6.07) is 15.7. The molecular formula is C18H16Cl2O2. The number of halogens is 2. The van der Waals surface area contributed by atoms with Gasteiger partial charge in [-0.2, -0.15) is 0 Å². The standard InChI is InChI=1S/C18H16Cl2O2/c19-16-7-6-13(10-17(16)20)9-15-14(11-22-18(15)21)8-12-4-2-1-3-5-12/h1-7,10,14-15H,8-9,11H2/t14-,15+/m0/s1. The average Bonchev–Trinajstić information content (AvgIpc) is 2.85. The second-order valence-corrected chi connectivity index (χ2v) is 6.45. The third kappa shape index (κ3) is 3.45. The molecule has 0 radical (unpaired) electrons. The van der Waals surface area contributed by atoms with Crippen LogP contribution in [-0.4, -0.2) is 12.6 Å². The Kier molecular flexibility index (Phi) is 4.70. The van der Waals surface area contributed by atoms with Crippen LogP contribution >= 0.6 is 23.2 Å². The molecule has 2 nitrogen and oxygen atoms in total. The van der Waals surface area contributed by atoms with E-state index in [2.05, 4.69) is 12.1 Å². The molecule has 0 bridgehead atoms. The largest absolute Gasteiger partial charge is 0.465 e. The first kappa shape index (κ1) is 15.4. The van der Waals surface area contributed by atoms with E-state index in [1.165, 1.54) is 5.56 Å². The van der Waals surface area contributed by atoms with E-state index in [-0.39, 0.29) is 17.8 Å². The molecule has 1 heterocycles. The summed E-state index contributed by atoms with van der Waals surface area (Å²) in [4.78, 5) is 12.0. The predicted octanol–water partition coefficient (Wildman–Crippen LogP) is 4.57. The van der Waals surface area contributed by atoms with Crippen molar-refractivity contribution in [2.45, 2.75) is 12.8 Å². The summed E-state index contributed by atoms with van der Waals surface area (Å²) < 4.78 is 5.28. The summed E-state index contributed by atoms with van der Waals surface area (Å²) in [5.41, 5.74) is 2.24. The molecule has 2 aromatic carbocycles. The average molecular weight is 335 g/mol. The van der Waals surface area contributed by atoms with Gasteiger partial charge in [-0.05, 0) is 36.1 Å². The zero-order chi connectivity index (χ0) is 15.5. The Balaban J connectivity index is 1.74. The molecule has 114 valence electrons. The van der Waals surface area contributed by atoms with Crippen molar-refractivity contribution in [3.63, 3.8) is 0 Å². The second kappa shape index (κ2) is 6.72. The first-order valence-corrected chi connectivity index (χ1v) is 8.03. The van der Waals surface area contributed by atoms with E-state index < -0.39 is 0 Å². The molecule has 0 amide bonds. The fourth-order valence-electron chi connectivity index (χ4n) is 2.89. The van der Waals surface area contributed by atoms with E-state index in [9.17, 15) is 4.79 Å². The maximum Gasteiger partial charge on any atom is 0.309 e. The van der Waals surface area contributed by atoms with Crippen LogP contribution in [0.1, 0.15) is 11.1 Å². The lowest BCUT2D eigenvalue weighted by molar-refractivity contribution is -0.141. The number of cyclic esters (lactones) is 1. The molecule has 1 fully saturated rings. The van der Waals surface area contributed by atoms with Crippen molar-refractivity contribution < 1.29 is 9.53 Å². The van der Waals surface area contributed by atoms with Gasteiger partial charge < -0.3 is 4.74 Å². The van der Waals surface area contributed by atoms with Gasteiger partial charge in [0.25, 0.3) is 0 Å². The van der Waals surface area contributed by atoms with Crippen molar-refractivity contribution >= 4 is 29.2 Å². The SMILES string of the molecule is O=C1OC[C@H](Cc2ccccc2)[C@H]1Cc1ccc(Cl)c(Cl)c1. The Morgan fingerprint density at radius 1 is 0.955 bits per heavy atom. The van der Waals surface area contributed by atoms with Crippen LogP contribution in [0.3, 0.4) is 0 Å². The molecule has 1 aliphatic rings. The Bertz CT molecular complexity index is 670. The number of carbonyl (C=O) groups is 1. The third-order valence-electron chi connectivity index (χ3n) is 4.09. The monoisotopic (exact) mass is 334 g/mol. The fraction of sp³-hybridized carbons (Fsp3) is 0.278. The summed E-state index contributed by atoms with van der Waals surface area (Å²) in [6.07, 6.45) is 1.48. The Morgan fingerprint density at radius 3 is 2.45 bits per heavy atom. The molecule has 0 spiro atoms. The van der Waals surface area contributed by atoms with Crippen LogP contribution in [0, 0.1) is 11.8 Å². The molecule has 3 rings (SSSR count). The smallest absolute Gasteiger partial charge is 0.309 e. The van der Waals surface area contributed by atoms with Gasteiger partial charge in [0.2, 0.25) is 0 Å². The first-order chi connectivity index (χ1) is 10.6. The summed E-state index contributed by atoms with van der Waals surface area (Å²) in [6.45, 7) is 0.486. The molecule has 0 aliphatic carbocycles. The normalized spacial score (nSPS) is 20.9. The minimum absolute atomic E-state index is 0.119. The van der Waals surface area contributed by atoms with Crippen LogP contribution < -0.4 is 0 Å². The van der Waals surface area contributed by atoms with Crippen LogP contribution in [0.4, 0.5) is 0 Å². The molecule has 2 atom stereocenters. The minimum atomic E-state index is -0.127. The van der Waals surface area contributed by atoms with E-state index in [0.717, 1.165) is 12.0 Å². The Morgan fingerprint density at radius 2 is 1.73 bits per heavy atom. The quantitative estimate of drug-likeness (QED) is 0.765. The summed E-state index contributed by atoms with van der Waals surface area (Å²) >= 11 is 12.0. The molecule has 1 aliphatic heterocycles. The van der Waals surface area contributed by atoms with E-state index in [1.807, 2.05) is 30.3 Å². The van der Waals surface area contributed by atoms with E-state index in [0.29, 0.717) is 23.1 Å². The van der Waals surface area contributed by atoms with Gasteiger partial charge in [0.05, 0.1) is 22.6 Å². The van der Waals surface area contributed by atoms with Crippen LogP contribution in [-0.2, 0) is 22.4 Å². The number of hydrogen-bond donors (Lipinski definition) is 0. The highest BCUT2D eigenvalue weighted by atomic mass is 35.5. The number of hydrogen-bond acceptors (Lipinski definition) is 2. The highest BCUT2D eigenvalue weighted by molar-refractivity contribution is 6.42. The fourth-order valence-corrected chi connectivity index (χ4v) is 3.21. The predicted molar refractivity (Wildman–Crippen MR) is 88.3 cm³/mol. The van der Waals surface area contributed by atoms with Gasteiger partial charge in [-0.25, -0.2) is 0 Å². The van der Waals surface area contributed by atoms with Crippen LogP contribution in [0.15, 0.2) is 48.5 Å². The van der Waals surface area contributed by atoms with Crippen molar-refractivity contribution in [2.24, 2.45) is 11.8 Å². The van der Waals surface area contributed by atoms with Gasteiger partial charge in [-0.3, -0.25) is 4.79 Å². The van der Waals surface area contributed by atoms with E-state index >= 15 is 0 Å². The van der Waals surface area contributed by atoms with Gasteiger partial charge in [0.15, 0.2) is 0 Å². The topological polar surface area (TPSA) is 26.3 Å². The Labute approximate surface area is 140 Å². The Hall–Kier alpha value is -1.51. The van der Waals surface area contributed by atoms with Gasteiger partial charge in [-0.1, -0.05) is 59.6 Å². The molecule has 0 saturated carbocycles. The van der Waals surface area contributed by atoms with Gasteiger partial charge >= 0.3 is 5.97 Å². The molecule has 4 heteroatoms. The van der Waals surface area contributed by atoms with Gasteiger partial charge in [-0.15, -0.1) is 0 Å². The van der Waals surface area contributed by atoms with Crippen molar-refractivity contribution in [2.75, 3.05) is 6.61 Å². The van der Waals surface area contributed by atoms with Crippen molar-refractivity contribution in [1.29, 1.82) is 0 Å². The molecule has 0 aromatic heterocycles. The summed E-state index contributed by atoms with van der Waals surface area (Å²) in [5.74, 6) is -0.0474. The molecule has 0 N–H and O–H groups in total. The lowest BCUT2D eigenvalue weighted by Crippen LogP contribution is -2.20. The highest BCUT2D eigenvalue weighted by Gasteiger charge is 2.36. The number of esters is 1. The summed E-state index contributed by atoms with van der Waals surface area (Å²) in [7, 11) is 0. The lowest BCUT2D eigenvalue weighted by atomic mass is 9.85. The lowest BCUT2D eigenvalue weighted by Gasteiger charge is -2.15. The molecular weight excluding hydrogens is 319 g/mol. The number of ether oxygens (including phenoxy) is 1. The van der Waals surface area contributed by atoms with Crippen molar-refractivity contribution in [3.05, 3.63) is 69.7 Å². The molecule has 2 aromatic rings. The van der Waals surface area contributed by atoms with Crippen LogP contribution in [0.5, 0.6) is 0 Å². The van der Waals surface area contributed by atoms with E-state index in [4.69, 9.17) is 27.9 Å². The number of rotatable bonds is 4. The highest BCUT2D eigenvalue weighted by Crippen LogP contribution is 2.31. The van der Waals surface area contributed by atoms with Gasteiger partial charge in [0.1, 0.15) is 0 Å². The van der Waals surface area contributed by atoms with Crippen LogP contribution in [0.25, 0.3) is 0 Å². The molecule has 0 unspecified atom stereocenters. The van der Waals surface area contributed by atoms with Crippen molar-refractivity contribution in [3.8, 4) is 0 Å². The summed E-state index contributed by atoms with van der Waals surface area (Å²) in [5, 5.41) is 1.05.